The second kappa shape index (κ2) is 5.26. The molecular weight excluding hydrogens is 218 g/mol. The van der Waals surface area contributed by atoms with Crippen molar-refractivity contribution < 1.29 is 0 Å². The molecule has 0 bridgehead atoms. The van der Waals surface area contributed by atoms with Crippen molar-refractivity contribution in [1.29, 1.82) is 0 Å². The molecule has 0 aromatic heterocycles. The summed E-state index contributed by atoms with van der Waals surface area (Å²) in [7, 11) is 2.15. The summed E-state index contributed by atoms with van der Waals surface area (Å²) in [6.07, 6.45) is 0. The number of rotatable bonds is 3. The Morgan fingerprint density at radius 1 is 0.889 bits per heavy atom. The number of hydrogen-bond donors (Lipinski definition) is 0. The summed E-state index contributed by atoms with van der Waals surface area (Å²) >= 11 is 0. The van der Waals surface area contributed by atoms with E-state index in [0.717, 1.165) is 6.54 Å². The number of hydrogen-bond acceptors (Lipinski definition) is 1. The van der Waals surface area contributed by atoms with Gasteiger partial charge in [0.15, 0.2) is 0 Å². The van der Waals surface area contributed by atoms with Crippen LogP contribution in [-0.2, 0) is 6.54 Å². The molecule has 94 valence electrons. The molecule has 0 fully saturated rings. The molecule has 0 aliphatic carbocycles. The van der Waals surface area contributed by atoms with E-state index < -0.39 is 0 Å². The third-order valence-corrected chi connectivity index (χ3v) is 3.23. The minimum atomic E-state index is 0.952. The maximum Gasteiger partial charge on any atom is 0.0426 e. The summed E-state index contributed by atoms with van der Waals surface area (Å²) in [5.74, 6) is 0. The predicted octanol–water partition coefficient (Wildman–Crippen LogP) is 4.25. The van der Waals surface area contributed by atoms with Crippen LogP contribution in [0.5, 0.6) is 0 Å². The zero-order valence-electron chi connectivity index (χ0n) is 11.7. The Labute approximate surface area is 110 Å². The van der Waals surface area contributed by atoms with Crippen molar-refractivity contribution in [1.82, 2.24) is 0 Å². The van der Waals surface area contributed by atoms with E-state index in [2.05, 4.69) is 75.2 Å². The van der Waals surface area contributed by atoms with Gasteiger partial charge in [0.05, 0.1) is 0 Å². The first-order chi connectivity index (χ1) is 8.56. The molecule has 0 N–H and O–H groups in total. The van der Waals surface area contributed by atoms with Crippen LogP contribution in [-0.4, -0.2) is 7.05 Å². The average molecular weight is 239 g/mol. The zero-order valence-corrected chi connectivity index (χ0v) is 11.7. The lowest BCUT2D eigenvalue weighted by molar-refractivity contribution is 0.914. The van der Waals surface area contributed by atoms with Crippen molar-refractivity contribution >= 4 is 5.69 Å². The molecule has 0 saturated carbocycles. The summed E-state index contributed by atoms with van der Waals surface area (Å²) in [5.41, 5.74) is 6.67. The molecule has 2 aromatic carbocycles. The highest BCUT2D eigenvalue weighted by Crippen LogP contribution is 2.20. The molecule has 0 heterocycles. The standard InChI is InChI=1S/C17H21N/c1-13-9-14(2)11-16(10-13)12-18(4)17-8-6-5-7-15(17)3/h5-11H,12H2,1-4H3. The molecule has 0 aliphatic rings. The van der Waals surface area contributed by atoms with Crippen molar-refractivity contribution in [3.63, 3.8) is 0 Å². The van der Waals surface area contributed by atoms with Crippen LogP contribution in [0.2, 0.25) is 0 Å². The lowest BCUT2D eigenvalue weighted by atomic mass is 10.1. The van der Waals surface area contributed by atoms with Gasteiger partial charge in [-0.15, -0.1) is 0 Å². The van der Waals surface area contributed by atoms with Crippen LogP contribution in [0.4, 0.5) is 5.69 Å². The number of para-hydroxylation sites is 1. The molecule has 2 rings (SSSR count). The fourth-order valence-corrected chi connectivity index (χ4v) is 2.51. The molecule has 1 nitrogen and oxygen atoms in total. The fourth-order valence-electron chi connectivity index (χ4n) is 2.51. The van der Waals surface area contributed by atoms with E-state index in [1.54, 1.807) is 0 Å². The predicted molar refractivity (Wildman–Crippen MR) is 79.2 cm³/mol. The second-order valence-corrected chi connectivity index (χ2v) is 5.14. The molecular formula is C17H21N. The molecule has 0 amide bonds. The van der Waals surface area contributed by atoms with Gasteiger partial charge in [-0.1, -0.05) is 47.5 Å². The molecule has 0 saturated heterocycles. The largest absolute Gasteiger partial charge is 0.370 e. The van der Waals surface area contributed by atoms with Crippen LogP contribution in [0.1, 0.15) is 22.3 Å². The molecule has 0 radical (unpaired) electrons. The summed E-state index contributed by atoms with van der Waals surface area (Å²) in [6.45, 7) is 7.43. The van der Waals surface area contributed by atoms with Gasteiger partial charge < -0.3 is 4.90 Å². The van der Waals surface area contributed by atoms with E-state index >= 15 is 0 Å². The molecule has 1 heteroatoms. The maximum atomic E-state index is 2.31. The van der Waals surface area contributed by atoms with Gasteiger partial charge in [0.2, 0.25) is 0 Å². The third kappa shape index (κ3) is 2.92. The molecule has 0 spiro atoms. The Balaban J connectivity index is 2.21. The smallest absolute Gasteiger partial charge is 0.0426 e. The summed E-state index contributed by atoms with van der Waals surface area (Å²) < 4.78 is 0. The lowest BCUT2D eigenvalue weighted by Gasteiger charge is -2.22. The third-order valence-electron chi connectivity index (χ3n) is 3.23. The zero-order chi connectivity index (χ0) is 13.1. The minimum absolute atomic E-state index is 0.952. The summed E-state index contributed by atoms with van der Waals surface area (Å²) in [4.78, 5) is 2.31. The van der Waals surface area contributed by atoms with Crippen LogP contribution >= 0.6 is 0 Å². The highest BCUT2D eigenvalue weighted by Gasteiger charge is 2.05. The van der Waals surface area contributed by atoms with Gasteiger partial charge in [0.1, 0.15) is 0 Å². The number of aryl methyl sites for hydroxylation is 3. The van der Waals surface area contributed by atoms with Crippen molar-refractivity contribution in [2.75, 3.05) is 11.9 Å². The van der Waals surface area contributed by atoms with Gasteiger partial charge in [-0.3, -0.25) is 0 Å². The normalized spacial score (nSPS) is 10.4. The first-order valence-corrected chi connectivity index (χ1v) is 6.40. The Hall–Kier alpha value is -1.76. The van der Waals surface area contributed by atoms with Gasteiger partial charge in [-0.2, -0.15) is 0 Å². The topological polar surface area (TPSA) is 3.24 Å². The first kappa shape index (κ1) is 12.7. The molecule has 0 aliphatic heterocycles. The Bertz CT molecular complexity index is 523. The van der Waals surface area contributed by atoms with Crippen molar-refractivity contribution in [3.05, 3.63) is 64.7 Å². The van der Waals surface area contributed by atoms with Crippen LogP contribution in [0, 0.1) is 20.8 Å². The maximum absolute atomic E-state index is 2.31. The number of nitrogens with zero attached hydrogens (tertiary/aromatic N) is 1. The number of benzene rings is 2. The lowest BCUT2D eigenvalue weighted by Crippen LogP contribution is -2.17. The van der Waals surface area contributed by atoms with Crippen LogP contribution < -0.4 is 4.90 Å². The van der Waals surface area contributed by atoms with E-state index in [0.29, 0.717) is 0 Å². The van der Waals surface area contributed by atoms with Gasteiger partial charge in [0, 0.05) is 19.3 Å². The van der Waals surface area contributed by atoms with Crippen molar-refractivity contribution in [2.45, 2.75) is 27.3 Å². The second-order valence-electron chi connectivity index (χ2n) is 5.14. The summed E-state index contributed by atoms with van der Waals surface area (Å²) in [6, 6.07) is 15.3. The van der Waals surface area contributed by atoms with Crippen molar-refractivity contribution in [3.8, 4) is 0 Å². The monoisotopic (exact) mass is 239 g/mol. The van der Waals surface area contributed by atoms with Crippen LogP contribution in [0.15, 0.2) is 42.5 Å². The SMILES string of the molecule is Cc1cc(C)cc(CN(C)c2ccccc2C)c1. The van der Waals surface area contributed by atoms with Crippen LogP contribution in [0.25, 0.3) is 0 Å². The van der Waals surface area contributed by atoms with Gasteiger partial charge in [-0.25, -0.2) is 0 Å². The van der Waals surface area contributed by atoms with E-state index in [4.69, 9.17) is 0 Å². The van der Waals surface area contributed by atoms with Gasteiger partial charge in [-0.05, 0) is 38.0 Å². The molecule has 2 aromatic rings. The minimum Gasteiger partial charge on any atom is -0.370 e. The van der Waals surface area contributed by atoms with Gasteiger partial charge >= 0.3 is 0 Å². The fraction of sp³-hybridized carbons (Fsp3) is 0.294. The van der Waals surface area contributed by atoms with E-state index in [1.165, 1.54) is 27.9 Å². The highest BCUT2D eigenvalue weighted by atomic mass is 15.1. The number of anilines is 1. The van der Waals surface area contributed by atoms with Gasteiger partial charge in [0.25, 0.3) is 0 Å². The van der Waals surface area contributed by atoms with E-state index in [-0.39, 0.29) is 0 Å². The average Bonchev–Trinajstić information content (AvgIpc) is 2.27. The summed E-state index contributed by atoms with van der Waals surface area (Å²) in [5, 5.41) is 0. The first-order valence-electron chi connectivity index (χ1n) is 6.40. The quantitative estimate of drug-likeness (QED) is 0.774. The van der Waals surface area contributed by atoms with Crippen LogP contribution in [0.3, 0.4) is 0 Å². The Morgan fingerprint density at radius 3 is 2.11 bits per heavy atom. The molecule has 0 unspecified atom stereocenters. The van der Waals surface area contributed by atoms with E-state index in [1.807, 2.05) is 0 Å². The van der Waals surface area contributed by atoms with Crippen molar-refractivity contribution in [2.24, 2.45) is 0 Å². The Morgan fingerprint density at radius 2 is 1.50 bits per heavy atom. The van der Waals surface area contributed by atoms with E-state index in [9.17, 15) is 0 Å². The Kier molecular flexibility index (Phi) is 3.71. The molecule has 0 atom stereocenters. The molecule has 18 heavy (non-hydrogen) atoms. The highest BCUT2D eigenvalue weighted by molar-refractivity contribution is 5.52.